The summed E-state index contributed by atoms with van der Waals surface area (Å²) in [5, 5.41) is 1.11. The molecule has 2 aliphatic carbocycles. The highest BCUT2D eigenvalue weighted by atomic mass is 16.3. The van der Waals surface area contributed by atoms with E-state index in [4.69, 9.17) is 4.42 Å². The molecule has 0 saturated carbocycles. The summed E-state index contributed by atoms with van der Waals surface area (Å²) in [5.41, 5.74) is 26.8. The van der Waals surface area contributed by atoms with Gasteiger partial charge in [0.25, 0.3) is 0 Å². The Morgan fingerprint density at radius 2 is 1.04 bits per heavy atom. The van der Waals surface area contributed by atoms with Crippen LogP contribution >= 0.6 is 0 Å². The average Bonchev–Trinajstić information content (AvgIpc) is 3.90. The van der Waals surface area contributed by atoms with Crippen molar-refractivity contribution in [3.8, 4) is 44.5 Å². The Labute approximate surface area is 402 Å². The summed E-state index contributed by atoms with van der Waals surface area (Å²) in [4.78, 5) is 5.26. The van der Waals surface area contributed by atoms with Crippen LogP contribution in [-0.2, 0) is 21.7 Å². The second kappa shape index (κ2) is 13.8. The van der Waals surface area contributed by atoms with Gasteiger partial charge in [-0.25, -0.2) is 0 Å². The molecular formula is C64H57BN2O. The van der Waals surface area contributed by atoms with Crippen LogP contribution < -0.4 is 20.8 Å². The van der Waals surface area contributed by atoms with E-state index in [2.05, 4.69) is 243 Å². The maximum atomic E-state index is 7.54. The minimum Gasteiger partial charge on any atom is -0.466 e. The number of hydrogen-bond donors (Lipinski definition) is 0. The van der Waals surface area contributed by atoms with Crippen molar-refractivity contribution in [3.05, 3.63) is 197 Å². The summed E-state index contributed by atoms with van der Waals surface area (Å²) in [6.45, 7) is 23.2. The molecule has 4 heteroatoms. The fraction of sp³-hybridized carbons (Fsp3) is 0.219. The first-order valence-corrected chi connectivity index (χ1v) is 24.5. The second-order valence-electron chi connectivity index (χ2n) is 23.0. The zero-order valence-electron chi connectivity index (χ0n) is 41.0. The highest BCUT2D eigenvalue weighted by molar-refractivity contribution is 6.93. The van der Waals surface area contributed by atoms with E-state index in [9.17, 15) is 0 Å². The first kappa shape index (κ1) is 41.2. The zero-order valence-corrected chi connectivity index (χ0v) is 41.0. The number of hydrogen-bond acceptors (Lipinski definition) is 3. The van der Waals surface area contributed by atoms with Gasteiger partial charge >= 0.3 is 6.85 Å². The van der Waals surface area contributed by atoms with E-state index in [1.165, 1.54) is 94.7 Å². The van der Waals surface area contributed by atoms with Gasteiger partial charge in [0.1, 0.15) is 11.2 Å². The van der Waals surface area contributed by atoms with Gasteiger partial charge in [-0.1, -0.05) is 178 Å². The Kier molecular flexibility index (Phi) is 8.35. The lowest BCUT2D eigenvalue weighted by atomic mass is 9.45. The van der Waals surface area contributed by atoms with Crippen LogP contribution in [0.5, 0.6) is 0 Å². The van der Waals surface area contributed by atoms with Crippen LogP contribution in [0.4, 0.5) is 28.4 Å². The molecular weight excluding hydrogens is 824 g/mol. The summed E-state index contributed by atoms with van der Waals surface area (Å²) in [7, 11) is 0. The van der Waals surface area contributed by atoms with Gasteiger partial charge < -0.3 is 14.1 Å². The van der Waals surface area contributed by atoms with Gasteiger partial charge in [-0.15, -0.1) is 0 Å². The Morgan fingerprint density at radius 1 is 0.456 bits per heavy atom. The lowest BCUT2D eigenvalue weighted by Crippen LogP contribution is -2.61. The van der Waals surface area contributed by atoms with Crippen molar-refractivity contribution in [2.24, 2.45) is 0 Å². The molecule has 8 aromatic carbocycles. The van der Waals surface area contributed by atoms with Crippen molar-refractivity contribution >= 4 is 57.4 Å². The predicted molar refractivity (Wildman–Crippen MR) is 288 cm³/mol. The third kappa shape index (κ3) is 5.61. The summed E-state index contributed by atoms with van der Waals surface area (Å²) in [5.74, 6) is 0. The van der Waals surface area contributed by atoms with E-state index in [-0.39, 0.29) is 28.5 Å². The summed E-state index contributed by atoms with van der Waals surface area (Å²) in [6, 6.07) is 62.3. The van der Waals surface area contributed by atoms with Gasteiger partial charge in [-0.3, -0.25) is 0 Å². The average molecular weight is 881 g/mol. The highest BCUT2D eigenvalue weighted by Crippen LogP contribution is 2.60. The largest absolute Gasteiger partial charge is 0.466 e. The number of rotatable bonds is 3. The fourth-order valence-corrected chi connectivity index (χ4v) is 12.5. The van der Waals surface area contributed by atoms with Crippen LogP contribution in [0.3, 0.4) is 0 Å². The van der Waals surface area contributed by atoms with Crippen molar-refractivity contribution in [1.29, 1.82) is 0 Å². The monoisotopic (exact) mass is 880 g/mol. The van der Waals surface area contributed by atoms with Gasteiger partial charge in [0.05, 0.1) is 5.69 Å². The fourth-order valence-electron chi connectivity index (χ4n) is 12.5. The lowest BCUT2D eigenvalue weighted by Gasteiger charge is -2.46. The van der Waals surface area contributed by atoms with Crippen molar-refractivity contribution < 1.29 is 4.42 Å². The molecule has 2 aliphatic heterocycles. The molecule has 0 spiro atoms. The molecule has 4 aliphatic rings. The SMILES string of the molecule is CC(C)(C)c1ccc(N2B3c4oc5ccc(-c6ccccc6)cc5c4N(c4ccc(C(C)(C)C)cc4)c4c3c(cc3c4C(C)(C)c4ccccc4-3)-c3cc4c(cc32)-c2ccccc2C4(C)C)cc1. The molecule has 0 saturated heterocycles. The van der Waals surface area contributed by atoms with Crippen LogP contribution in [0.25, 0.3) is 55.5 Å². The third-order valence-electron chi connectivity index (χ3n) is 16.1. The number of furan rings is 1. The molecule has 13 rings (SSSR count). The summed E-state index contributed by atoms with van der Waals surface area (Å²) in [6.07, 6.45) is 0. The third-order valence-corrected chi connectivity index (χ3v) is 16.1. The van der Waals surface area contributed by atoms with Crippen molar-refractivity contribution in [3.63, 3.8) is 0 Å². The standard InChI is InChI=1S/C64H57BN2O/c1-61(2,3)40-25-29-42(30-26-40)66-58-50-34-39(38-18-12-11-13-19-38)24-33-55(50)68-60(58)65-57-49(35-48-45-21-15-17-23-52(45)64(9,10)56(48)59(57)66)47-36-53-46(44-20-14-16-22-51(44)63(53,7)8)37-54(47)67(65)43-31-27-41(28-32-43)62(4,5)6/h11-37H,1-10H3. The molecule has 0 unspecified atom stereocenters. The quantitative estimate of drug-likeness (QED) is 0.165. The Hall–Kier alpha value is -7.04. The van der Waals surface area contributed by atoms with Crippen LogP contribution in [0, 0.1) is 0 Å². The molecule has 0 fully saturated rings. The number of anilines is 5. The number of fused-ring (bicyclic) bond motifs is 13. The molecule has 1 aromatic heterocycles. The molecule has 68 heavy (non-hydrogen) atoms. The lowest BCUT2D eigenvalue weighted by molar-refractivity contribution is 0.590. The van der Waals surface area contributed by atoms with Crippen molar-refractivity contribution in [2.45, 2.75) is 90.9 Å². The van der Waals surface area contributed by atoms with E-state index in [1.54, 1.807) is 0 Å². The molecule has 0 bridgehead atoms. The number of benzene rings is 8. The molecule has 0 N–H and O–H groups in total. The maximum Gasteiger partial charge on any atom is 0.375 e. The van der Waals surface area contributed by atoms with Crippen LogP contribution in [-0.4, -0.2) is 6.85 Å². The molecule has 332 valence electrons. The molecule has 0 atom stereocenters. The van der Waals surface area contributed by atoms with Crippen LogP contribution in [0.15, 0.2) is 168 Å². The minimum atomic E-state index is -0.308. The van der Waals surface area contributed by atoms with E-state index in [0.29, 0.717) is 0 Å². The van der Waals surface area contributed by atoms with E-state index >= 15 is 0 Å². The van der Waals surface area contributed by atoms with Crippen LogP contribution in [0.2, 0.25) is 0 Å². The zero-order chi connectivity index (χ0) is 46.8. The summed E-state index contributed by atoms with van der Waals surface area (Å²) >= 11 is 0. The van der Waals surface area contributed by atoms with Crippen LogP contribution in [0.1, 0.15) is 103 Å². The summed E-state index contributed by atoms with van der Waals surface area (Å²) < 4.78 is 7.54. The van der Waals surface area contributed by atoms with Gasteiger partial charge in [0.2, 0.25) is 0 Å². The maximum absolute atomic E-state index is 7.54. The first-order chi connectivity index (χ1) is 32.5. The van der Waals surface area contributed by atoms with Gasteiger partial charge in [-0.2, -0.15) is 0 Å². The number of nitrogens with zero attached hydrogens (tertiary/aromatic N) is 2. The molecule has 9 aromatic rings. The second-order valence-corrected chi connectivity index (χ2v) is 23.0. The first-order valence-electron chi connectivity index (χ1n) is 24.5. The minimum absolute atomic E-state index is 0.000839. The Bertz CT molecular complexity index is 3580. The van der Waals surface area contributed by atoms with Gasteiger partial charge in [0.15, 0.2) is 0 Å². The Morgan fingerprint density at radius 3 is 1.69 bits per heavy atom. The smallest absolute Gasteiger partial charge is 0.375 e. The molecule has 3 heterocycles. The van der Waals surface area contributed by atoms with Crippen molar-refractivity contribution in [1.82, 2.24) is 0 Å². The predicted octanol–water partition coefficient (Wildman–Crippen LogP) is 16.0. The normalized spacial score (nSPS) is 15.6. The van der Waals surface area contributed by atoms with Gasteiger partial charge in [-0.05, 0) is 143 Å². The van der Waals surface area contributed by atoms with E-state index < -0.39 is 0 Å². The van der Waals surface area contributed by atoms with E-state index in [0.717, 1.165) is 33.7 Å². The highest BCUT2D eigenvalue weighted by Gasteiger charge is 2.53. The molecule has 0 amide bonds. The Balaban J connectivity index is 1.21. The molecule has 3 nitrogen and oxygen atoms in total. The van der Waals surface area contributed by atoms with Crippen molar-refractivity contribution in [2.75, 3.05) is 9.71 Å². The topological polar surface area (TPSA) is 19.6 Å². The molecule has 0 radical (unpaired) electrons. The van der Waals surface area contributed by atoms with Gasteiger partial charge in [0, 0.05) is 44.5 Å². The van der Waals surface area contributed by atoms with E-state index in [1.807, 2.05) is 0 Å².